The Balaban J connectivity index is 2.71. The highest BCUT2D eigenvalue weighted by Crippen LogP contribution is 2.22. The maximum absolute atomic E-state index is 9.53. The predicted molar refractivity (Wildman–Crippen MR) is 61.0 cm³/mol. The van der Waals surface area contributed by atoms with Crippen LogP contribution in [0.4, 0.5) is 0 Å². The lowest BCUT2D eigenvalue weighted by Gasteiger charge is -2.09. The standard InChI is InChI=1S/C11H12Cl2O/c1-2-3-10(14)6-8-4-5-9(12)7-11(8)13/h2,4-5,7,10,14H,1,3,6H2. The van der Waals surface area contributed by atoms with Gasteiger partial charge >= 0.3 is 0 Å². The summed E-state index contributed by atoms with van der Waals surface area (Å²) in [5.74, 6) is 0. The molecule has 0 aliphatic heterocycles. The minimum atomic E-state index is -0.425. The molecule has 0 saturated heterocycles. The quantitative estimate of drug-likeness (QED) is 0.786. The Morgan fingerprint density at radius 2 is 2.14 bits per heavy atom. The van der Waals surface area contributed by atoms with Gasteiger partial charge in [-0.3, -0.25) is 0 Å². The van der Waals surface area contributed by atoms with E-state index in [0.29, 0.717) is 22.9 Å². The second-order valence-electron chi connectivity index (χ2n) is 3.12. The Bertz CT molecular complexity index is 323. The van der Waals surface area contributed by atoms with Gasteiger partial charge in [-0.25, -0.2) is 0 Å². The molecule has 3 heteroatoms. The van der Waals surface area contributed by atoms with Crippen LogP contribution in [0.15, 0.2) is 30.9 Å². The lowest BCUT2D eigenvalue weighted by Crippen LogP contribution is -2.09. The summed E-state index contributed by atoms with van der Waals surface area (Å²) in [6, 6.07) is 5.28. The Kier molecular flexibility index (Phi) is 4.46. The molecule has 1 aromatic rings. The van der Waals surface area contributed by atoms with Gasteiger partial charge in [-0.2, -0.15) is 0 Å². The third-order valence-corrected chi connectivity index (χ3v) is 2.50. The molecule has 1 N–H and O–H groups in total. The monoisotopic (exact) mass is 230 g/mol. The Hall–Kier alpha value is -0.500. The van der Waals surface area contributed by atoms with Crippen molar-refractivity contribution < 1.29 is 5.11 Å². The first-order valence-electron chi connectivity index (χ1n) is 4.36. The molecule has 0 bridgehead atoms. The Morgan fingerprint density at radius 3 is 2.71 bits per heavy atom. The molecule has 1 unspecified atom stereocenters. The van der Waals surface area contributed by atoms with Crippen molar-refractivity contribution in [3.8, 4) is 0 Å². The molecule has 1 atom stereocenters. The van der Waals surface area contributed by atoms with Crippen LogP contribution in [0.3, 0.4) is 0 Å². The van der Waals surface area contributed by atoms with E-state index in [2.05, 4.69) is 6.58 Å². The minimum absolute atomic E-state index is 0.425. The summed E-state index contributed by atoms with van der Waals surface area (Å²) in [6.45, 7) is 3.56. The van der Waals surface area contributed by atoms with Gasteiger partial charge < -0.3 is 5.11 Å². The third kappa shape index (κ3) is 3.33. The van der Waals surface area contributed by atoms with E-state index in [9.17, 15) is 5.11 Å². The van der Waals surface area contributed by atoms with E-state index in [0.717, 1.165) is 5.56 Å². The summed E-state index contributed by atoms with van der Waals surface area (Å²) in [7, 11) is 0. The molecule has 14 heavy (non-hydrogen) atoms. The zero-order valence-corrected chi connectivity index (χ0v) is 9.22. The first-order valence-corrected chi connectivity index (χ1v) is 5.12. The van der Waals surface area contributed by atoms with Crippen molar-refractivity contribution in [2.45, 2.75) is 18.9 Å². The zero-order valence-electron chi connectivity index (χ0n) is 7.71. The molecule has 1 aromatic carbocycles. The molecule has 76 valence electrons. The average molecular weight is 231 g/mol. The highest BCUT2D eigenvalue weighted by atomic mass is 35.5. The van der Waals surface area contributed by atoms with Gasteiger partial charge in [0.15, 0.2) is 0 Å². The molecule has 0 spiro atoms. The zero-order chi connectivity index (χ0) is 10.6. The SMILES string of the molecule is C=CCC(O)Cc1ccc(Cl)cc1Cl. The van der Waals surface area contributed by atoms with Crippen LogP contribution in [-0.2, 0) is 6.42 Å². The molecule has 0 aromatic heterocycles. The topological polar surface area (TPSA) is 20.2 Å². The maximum atomic E-state index is 9.53. The first kappa shape index (κ1) is 11.6. The number of hydrogen-bond donors (Lipinski definition) is 1. The van der Waals surface area contributed by atoms with Gasteiger partial charge in [0.1, 0.15) is 0 Å². The molecule has 0 radical (unpaired) electrons. The molecule has 0 saturated carbocycles. The van der Waals surface area contributed by atoms with Gasteiger partial charge in [-0.15, -0.1) is 6.58 Å². The van der Waals surface area contributed by atoms with E-state index in [1.54, 1.807) is 18.2 Å². The fourth-order valence-electron chi connectivity index (χ4n) is 1.22. The summed E-state index contributed by atoms with van der Waals surface area (Å²) in [6.07, 6.45) is 2.36. The lowest BCUT2D eigenvalue weighted by atomic mass is 10.1. The number of aliphatic hydroxyl groups excluding tert-OH is 1. The molecule has 0 fully saturated rings. The number of hydrogen-bond acceptors (Lipinski definition) is 1. The van der Waals surface area contributed by atoms with Crippen LogP contribution in [0.1, 0.15) is 12.0 Å². The molecule has 0 aliphatic carbocycles. The van der Waals surface area contributed by atoms with E-state index in [1.807, 2.05) is 6.07 Å². The van der Waals surface area contributed by atoms with Crippen LogP contribution in [0.5, 0.6) is 0 Å². The van der Waals surface area contributed by atoms with Crippen LogP contribution in [0.2, 0.25) is 10.0 Å². The van der Waals surface area contributed by atoms with Crippen LogP contribution in [0.25, 0.3) is 0 Å². The van der Waals surface area contributed by atoms with Crippen LogP contribution < -0.4 is 0 Å². The van der Waals surface area contributed by atoms with Gasteiger partial charge in [-0.1, -0.05) is 35.3 Å². The van der Waals surface area contributed by atoms with Crippen molar-refractivity contribution in [2.24, 2.45) is 0 Å². The van der Waals surface area contributed by atoms with Crippen molar-refractivity contribution >= 4 is 23.2 Å². The maximum Gasteiger partial charge on any atom is 0.0615 e. The molecule has 0 amide bonds. The first-order chi connectivity index (χ1) is 6.63. The van der Waals surface area contributed by atoms with Crippen LogP contribution >= 0.6 is 23.2 Å². The van der Waals surface area contributed by atoms with Gasteiger partial charge in [0, 0.05) is 16.5 Å². The molecular weight excluding hydrogens is 219 g/mol. The van der Waals surface area contributed by atoms with Crippen molar-refractivity contribution in [3.63, 3.8) is 0 Å². The summed E-state index contributed by atoms with van der Waals surface area (Å²) in [5, 5.41) is 10.7. The van der Waals surface area contributed by atoms with E-state index in [4.69, 9.17) is 23.2 Å². The summed E-state index contributed by atoms with van der Waals surface area (Å²) in [4.78, 5) is 0. The van der Waals surface area contributed by atoms with Gasteiger partial charge in [0.2, 0.25) is 0 Å². The smallest absolute Gasteiger partial charge is 0.0615 e. The Labute approximate surface area is 94.0 Å². The number of benzene rings is 1. The summed E-state index contributed by atoms with van der Waals surface area (Å²) >= 11 is 11.7. The summed E-state index contributed by atoms with van der Waals surface area (Å²) < 4.78 is 0. The predicted octanol–water partition coefficient (Wildman–Crippen LogP) is 3.47. The summed E-state index contributed by atoms with van der Waals surface area (Å²) in [5.41, 5.74) is 0.908. The molecule has 0 aliphatic rings. The third-order valence-electron chi connectivity index (χ3n) is 1.91. The van der Waals surface area contributed by atoms with E-state index < -0.39 is 6.10 Å². The fraction of sp³-hybridized carbons (Fsp3) is 0.273. The number of halogens is 2. The van der Waals surface area contributed by atoms with E-state index in [-0.39, 0.29) is 0 Å². The molecule has 1 rings (SSSR count). The minimum Gasteiger partial charge on any atom is -0.392 e. The highest BCUT2D eigenvalue weighted by Gasteiger charge is 2.07. The van der Waals surface area contributed by atoms with Gasteiger partial charge in [0.05, 0.1) is 6.10 Å². The fourth-order valence-corrected chi connectivity index (χ4v) is 1.70. The van der Waals surface area contributed by atoms with Crippen molar-refractivity contribution in [1.29, 1.82) is 0 Å². The number of rotatable bonds is 4. The highest BCUT2D eigenvalue weighted by molar-refractivity contribution is 6.35. The van der Waals surface area contributed by atoms with Gasteiger partial charge in [0.25, 0.3) is 0 Å². The van der Waals surface area contributed by atoms with E-state index >= 15 is 0 Å². The van der Waals surface area contributed by atoms with Gasteiger partial charge in [-0.05, 0) is 24.1 Å². The second kappa shape index (κ2) is 5.40. The normalized spacial score (nSPS) is 12.5. The van der Waals surface area contributed by atoms with Crippen molar-refractivity contribution in [2.75, 3.05) is 0 Å². The molecule has 1 nitrogen and oxygen atoms in total. The molecular formula is C11H12Cl2O. The number of aliphatic hydroxyl groups is 1. The second-order valence-corrected chi connectivity index (χ2v) is 3.96. The average Bonchev–Trinajstić information content (AvgIpc) is 2.10. The van der Waals surface area contributed by atoms with E-state index in [1.165, 1.54) is 0 Å². The van der Waals surface area contributed by atoms with Crippen LogP contribution in [0, 0.1) is 0 Å². The van der Waals surface area contributed by atoms with Crippen molar-refractivity contribution in [3.05, 3.63) is 46.5 Å². The molecule has 0 heterocycles. The van der Waals surface area contributed by atoms with Crippen LogP contribution in [-0.4, -0.2) is 11.2 Å². The Morgan fingerprint density at radius 1 is 1.43 bits per heavy atom. The largest absolute Gasteiger partial charge is 0.392 e. The van der Waals surface area contributed by atoms with Crippen molar-refractivity contribution in [1.82, 2.24) is 0 Å². The lowest BCUT2D eigenvalue weighted by molar-refractivity contribution is 0.178.